The molecular formula is C15H15F3N4O. The van der Waals surface area contributed by atoms with Crippen molar-refractivity contribution in [1.29, 1.82) is 0 Å². The highest BCUT2D eigenvalue weighted by Gasteiger charge is 2.16. The fourth-order valence-corrected chi connectivity index (χ4v) is 1.84. The van der Waals surface area contributed by atoms with Crippen molar-refractivity contribution < 1.29 is 18.0 Å². The molecule has 0 bridgehead atoms. The predicted molar refractivity (Wildman–Crippen MR) is 79.0 cm³/mol. The van der Waals surface area contributed by atoms with Crippen LogP contribution in [0.5, 0.6) is 0 Å². The van der Waals surface area contributed by atoms with Gasteiger partial charge < -0.3 is 10.6 Å². The first-order valence-electron chi connectivity index (χ1n) is 6.85. The van der Waals surface area contributed by atoms with Gasteiger partial charge in [-0.05, 0) is 32.9 Å². The number of carbonyl (C=O) groups excluding carboxylic acids is 1. The smallest absolute Gasteiger partial charge is 0.270 e. The Morgan fingerprint density at radius 1 is 1.13 bits per heavy atom. The molecule has 1 aromatic carbocycles. The Balaban J connectivity index is 2.32. The highest BCUT2D eigenvalue weighted by molar-refractivity contribution is 5.93. The molecule has 0 spiro atoms. The number of aromatic nitrogens is 2. The molecule has 8 heteroatoms. The van der Waals surface area contributed by atoms with Crippen LogP contribution in [-0.2, 0) is 0 Å². The summed E-state index contributed by atoms with van der Waals surface area (Å²) in [5.41, 5.74) is -0.214. The number of hydrogen-bond donors (Lipinski definition) is 2. The minimum Gasteiger partial charge on any atom is -0.349 e. The zero-order chi connectivity index (χ0) is 17.1. The van der Waals surface area contributed by atoms with Gasteiger partial charge in [0.1, 0.15) is 17.3 Å². The number of rotatable bonds is 4. The topological polar surface area (TPSA) is 66.9 Å². The summed E-state index contributed by atoms with van der Waals surface area (Å²) in [6.07, 6.45) is 0. The number of carbonyl (C=O) groups is 1. The molecule has 0 aliphatic rings. The van der Waals surface area contributed by atoms with E-state index in [9.17, 15) is 18.0 Å². The van der Waals surface area contributed by atoms with Crippen molar-refractivity contribution in [3.05, 3.63) is 47.2 Å². The summed E-state index contributed by atoms with van der Waals surface area (Å²) < 4.78 is 39.8. The van der Waals surface area contributed by atoms with Crippen LogP contribution in [0, 0.1) is 24.4 Å². The minimum absolute atomic E-state index is 0.0803. The number of hydrogen-bond acceptors (Lipinski definition) is 4. The van der Waals surface area contributed by atoms with Gasteiger partial charge in [-0.1, -0.05) is 0 Å². The molecule has 2 rings (SSSR count). The van der Waals surface area contributed by atoms with Gasteiger partial charge in [0.15, 0.2) is 17.5 Å². The van der Waals surface area contributed by atoms with E-state index in [0.717, 1.165) is 12.1 Å². The molecule has 1 amide bonds. The van der Waals surface area contributed by atoms with E-state index in [1.54, 1.807) is 20.8 Å². The van der Waals surface area contributed by atoms with Gasteiger partial charge in [-0.2, -0.15) is 0 Å². The largest absolute Gasteiger partial charge is 0.349 e. The molecule has 23 heavy (non-hydrogen) atoms. The van der Waals surface area contributed by atoms with E-state index < -0.39 is 23.4 Å². The number of benzene rings is 1. The molecule has 2 aromatic rings. The molecule has 1 aromatic heterocycles. The molecule has 0 radical (unpaired) electrons. The molecule has 122 valence electrons. The van der Waals surface area contributed by atoms with Crippen LogP contribution in [0.2, 0.25) is 0 Å². The third-order valence-electron chi connectivity index (χ3n) is 2.79. The van der Waals surface area contributed by atoms with E-state index in [2.05, 4.69) is 20.6 Å². The SMILES string of the molecule is Cc1nc(Nc2ccc(F)c(F)c2F)cc(C(=O)NC(C)C)n1. The first-order valence-corrected chi connectivity index (χ1v) is 6.85. The van der Waals surface area contributed by atoms with Gasteiger partial charge >= 0.3 is 0 Å². The molecule has 0 atom stereocenters. The normalized spacial score (nSPS) is 10.7. The Labute approximate surface area is 131 Å². The third-order valence-corrected chi connectivity index (χ3v) is 2.79. The number of aryl methyl sites for hydroxylation is 1. The zero-order valence-electron chi connectivity index (χ0n) is 12.7. The third kappa shape index (κ3) is 3.97. The lowest BCUT2D eigenvalue weighted by Gasteiger charge is -2.11. The Morgan fingerprint density at radius 2 is 1.83 bits per heavy atom. The molecule has 5 nitrogen and oxygen atoms in total. The maximum atomic E-state index is 13.7. The Morgan fingerprint density at radius 3 is 2.48 bits per heavy atom. The van der Waals surface area contributed by atoms with Gasteiger partial charge in [0.05, 0.1) is 5.69 Å². The Bertz CT molecular complexity index is 750. The molecule has 0 aliphatic heterocycles. The summed E-state index contributed by atoms with van der Waals surface area (Å²) in [5.74, 6) is -4.29. The average molecular weight is 324 g/mol. The highest BCUT2D eigenvalue weighted by atomic mass is 19.2. The summed E-state index contributed by atoms with van der Waals surface area (Å²) in [7, 11) is 0. The van der Waals surface area contributed by atoms with E-state index in [1.165, 1.54) is 6.07 Å². The summed E-state index contributed by atoms with van der Waals surface area (Å²) in [6, 6.07) is 3.05. The van der Waals surface area contributed by atoms with Crippen LogP contribution in [0.25, 0.3) is 0 Å². The van der Waals surface area contributed by atoms with Gasteiger partial charge in [0.25, 0.3) is 5.91 Å². The summed E-state index contributed by atoms with van der Waals surface area (Å²) in [5, 5.41) is 5.18. The van der Waals surface area contributed by atoms with Crippen molar-refractivity contribution in [3.63, 3.8) is 0 Å². The molecule has 1 heterocycles. The van der Waals surface area contributed by atoms with Gasteiger partial charge in [0, 0.05) is 12.1 Å². The molecule has 0 aliphatic carbocycles. The number of nitrogens with zero attached hydrogens (tertiary/aromatic N) is 2. The minimum atomic E-state index is -1.58. The molecular weight excluding hydrogens is 309 g/mol. The van der Waals surface area contributed by atoms with Crippen LogP contribution in [0.3, 0.4) is 0 Å². The van der Waals surface area contributed by atoms with Crippen LogP contribution >= 0.6 is 0 Å². The lowest BCUT2D eigenvalue weighted by molar-refractivity contribution is 0.0937. The zero-order valence-corrected chi connectivity index (χ0v) is 12.7. The summed E-state index contributed by atoms with van der Waals surface area (Å²) in [6.45, 7) is 5.14. The first-order chi connectivity index (χ1) is 10.8. The van der Waals surface area contributed by atoms with E-state index in [-0.39, 0.29) is 29.1 Å². The van der Waals surface area contributed by atoms with Crippen molar-refractivity contribution in [3.8, 4) is 0 Å². The molecule has 0 saturated carbocycles. The van der Waals surface area contributed by atoms with E-state index >= 15 is 0 Å². The van der Waals surface area contributed by atoms with Crippen molar-refractivity contribution in [2.24, 2.45) is 0 Å². The number of nitrogens with one attached hydrogen (secondary N) is 2. The second-order valence-electron chi connectivity index (χ2n) is 5.16. The quantitative estimate of drug-likeness (QED) is 0.848. The maximum Gasteiger partial charge on any atom is 0.270 e. The number of amides is 1. The fraction of sp³-hybridized carbons (Fsp3) is 0.267. The second-order valence-corrected chi connectivity index (χ2v) is 5.16. The Kier molecular flexibility index (Phi) is 4.83. The average Bonchev–Trinajstić information content (AvgIpc) is 2.46. The van der Waals surface area contributed by atoms with Gasteiger partial charge in [-0.3, -0.25) is 4.79 Å². The monoisotopic (exact) mass is 324 g/mol. The summed E-state index contributed by atoms with van der Waals surface area (Å²) in [4.78, 5) is 20.0. The van der Waals surface area contributed by atoms with Gasteiger partial charge in [-0.25, -0.2) is 23.1 Å². The van der Waals surface area contributed by atoms with E-state index in [1.807, 2.05) is 0 Å². The molecule has 0 saturated heterocycles. The van der Waals surface area contributed by atoms with E-state index in [0.29, 0.717) is 0 Å². The number of anilines is 2. The van der Waals surface area contributed by atoms with Crippen molar-refractivity contribution in [2.75, 3.05) is 5.32 Å². The highest BCUT2D eigenvalue weighted by Crippen LogP contribution is 2.23. The van der Waals surface area contributed by atoms with Crippen molar-refractivity contribution in [1.82, 2.24) is 15.3 Å². The van der Waals surface area contributed by atoms with Crippen molar-refractivity contribution >= 4 is 17.4 Å². The van der Waals surface area contributed by atoms with Crippen LogP contribution < -0.4 is 10.6 Å². The van der Waals surface area contributed by atoms with Crippen LogP contribution in [0.4, 0.5) is 24.7 Å². The standard InChI is InChI=1S/C15H15F3N4O/c1-7(2)19-15(23)11-6-12(21-8(3)20-11)22-10-5-4-9(16)13(17)14(10)18/h4-7H,1-3H3,(H,19,23)(H,20,21,22). The number of halogens is 3. The molecule has 0 unspecified atom stereocenters. The lowest BCUT2D eigenvalue weighted by atomic mass is 10.2. The maximum absolute atomic E-state index is 13.7. The van der Waals surface area contributed by atoms with Crippen LogP contribution in [0.1, 0.15) is 30.2 Å². The van der Waals surface area contributed by atoms with Crippen molar-refractivity contribution in [2.45, 2.75) is 26.8 Å². The van der Waals surface area contributed by atoms with E-state index in [4.69, 9.17) is 0 Å². The predicted octanol–water partition coefficient (Wildman–Crippen LogP) is 3.08. The molecule has 2 N–H and O–H groups in total. The van der Waals surface area contributed by atoms with Gasteiger partial charge in [0.2, 0.25) is 0 Å². The molecule has 0 fully saturated rings. The lowest BCUT2D eigenvalue weighted by Crippen LogP contribution is -2.31. The van der Waals surface area contributed by atoms with Gasteiger partial charge in [-0.15, -0.1) is 0 Å². The summed E-state index contributed by atoms with van der Waals surface area (Å²) >= 11 is 0. The first kappa shape index (κ1) is 16.7. The fourth-order valence-electron chi connectivity index (χ4n) is 1.84. The Hall–Kier alpha value is -2.64. The van der Waals surface area contributed by atoms with Crippen LogP contribution in [-0.4, -0.2) is 21.9 Å². The second kappa shape index (κ2) is 6.64. The van der Waals surface area contributed by atoms with Crippen LogP contribution in [0.15, 0.2) is 18.2 Å².